The zero-order chi connectivity index (χ0) is 15.6. The zero-order valence-corrected chi connectivity index (χ0v) is 12.4. The van der Waals surface area contributed by atoms with Crippen molar-refractivity contribution in [3.05, 3.63) is 0 Å². The molecule has 0 aliphatic heterocycles. The molecule has 0 aromatic heterocycles. The number of nitrogens with one attached hydrogen (secondary N) is 4. The molecule has 0 saturated carbocycles. The van der Waals surface area contributed by atoms with Crippen molar-refractivity contribution in [2.24, 2.45) is 0 Å². The molecule has 0 fully saturated rings. The van der Waals surface area contributed by atoms with Crippen LogP contribution in [-0.4, -0.2) is 51.2 Å². The predicted molar refractivity (Wildman–Crippen MR) is 73.5 cm³/mol. The van der Waals surface area contributed by atoms with Gasteiger partial charge in [-0.05, 0) is 20.3 Å². The summed E-state index contributed by atoms with van der Waals surface area (Å²) in [5.41, 5.74) is 0. The van der Waals surface area contributed by atoms with Gasteiger partial charge in [-0.2, -0.15) is 13.1 Å². The van der Waals surface area contributed by atoms with Crippen LogP contribution in [0.5, 0.6) is 0 Å². The molecule has 0 aliphatic carbocycles. The molecule has 0 aromatic carbocycles. The molecule has 10 heteroatoms. The second kappa shape index (κ2) is 9.50. The summed E-state index contributed by atoms with van der Waals surface area (Å²) in [5.74, 6) is -0.917. The lowest BCUT2D eigenvalue weighted by atomic mass is 10.3. The van der Waals surface area contributed by atoms with Gasteiger partial charge in [0.1, 0.15) is 0 Å². The first kappa shape index (κ1) is 18.6. The molecule has 0 radical (unpaired) electrons. The SMILES string of the molecule is CC(C)NS(=O)(=O)NCCNC(=O)NCCCC(=O)O. The van der Waals surface area contributed by atoms with E-state index in [-0.39, 0.29) is 32.1 Å². The highest BCUT2D eigenvalue weighted by atomic mass is 32.2. The number of rotatable bonds is 10. The van der Waals surface area contributed by atoms with E-state index in [1.807, 2.05) is 0 Å². The Hall–Kier alpha value is -1.39. The van der Waals surface area contributed by atoms with Crippen molar-refractivity contribution in [2.75, 3.05) is 19.6 Å². The Labute approximate surface area is 118 Å². The molecule has 20 heavy (non-hydrogen) atoms. The average Bonchev–Trinajstić information content (AvgIpc) is 2.28. The molecule has 0 aliphatic rings. The highest BCUT2D eigenvalue weighted by Gasteiger charge is 2.10. The smallest absolute Gasteiger partial charge is 0.314 e. The van der Waals surface area contributed by atoms with Gasteiger partial charge in [-0.15, -0.1) is 0 Å². The van der Waals surface area contributed by atoms with Gasteiger partial charge in [0.05, 0.1) is 0 Å². The quantitative estimate of drug-likeness (QED) is 0.329. The van der Waals surface area contributed by atoms with Crippen LogP contribution in [0.1, 0.15) is 26.7 Å². The van der Waals surface area contributed by atoms with Crippen LogP contribution in [0.3, 0.4) is 0 Å². The van der Waals surface area contributed by atoms with Crippen LogP contribution in [0.25, 0.3) is 0 Å². The summed E-state index contributed by atoms with van der Waals surface area (Å²) in [4.78, 5) is 21.5. The fourth-order valence-corrected chi connectivity index (χ4v) is 2.29. The molecule has 0 rings (SSSR count). The average molecular weight is 310 g/mol. The number of amides is 2. The van der Waals surface area contributed by atoms with Crippen LogP contribution in [-0.2, 0) is 15.0 Å². The topological polar surface area (TPSA) is 137 Å². The van der Waals surface area contributed by atoms with Crippen molar-refractivity contribution in [2.45, 2.75) is 32.7 Å². The Balaban J connectivity index is 3.64. The molecule has 0 aromatic rings. The first-order chi connectivity index (χ1) is 9.23. The van der Waals surface area contributed by atoms with Crippen LogP contribution in [0, 0.1) is 0 Å². The first-order valence-corrected chi connectivity index (χ1v) is 7.71. The minimum atomic E-state index is -3.55. The highest BCUT2D eigenvalue weighted by Crippen LogP contribution is 1.85. The standard InChI is InChI=1S/C10H22N4O5S/c1-8(2)14-20(18,19)13-7-6-12-10(17)11-5-3-4-9(15)16/h8,13-14H,3-7H2,1-2H3,(H,15,16)(H2,11,12,17). The van der Waals surface area contributed by atoms with Gasteiger partial charge in [0, 0.05) is 32.1 Å². The molecule has 0 spiro atoms. The summed E-state index contributed by atoms with van der Waals surface area (Å²) < 4.78 is 27.3. The fraction of sp³-hybridized carbons (Fsp3) is 0.800. The fourth-order valence-electron chi connectivity index (χ4n) is 1.22. The Bertz CT molecular complexity index is 410. The third-order valence-electron chi connectivity index (χ3n) is 1.95. The van der Waals surface area contributed by atoms with Crippen LogP contribution in [0.2, 0.25) is 0 Å². The van der Waals surface area contributed by atoms with Gasteiger partial charge in [-0.25, -0.2) is 9.52 Å². The number of carboxylic acid groups (broad SMARTS) is 1. The van der Waals surface area contributed by atoms with E-state index in [0.717, 1.165) is 0 Å². The first-order valence-electron chi connectivity index (χ1n) is 6.23. The van der Waals surface area contributed by atoms with Gasteiger partial charge in [-0.3, -0.25) is 4.79 Å². The summed E-state index contributed by atoms with van der Waals surface area (Å²) in [6.45, 7) is 3.83. The minimum Gasteiger partial charge on any atom is -0.481 e. The van der Waals surface area contributed by atoms with Gasteiger partial charge >= 0.3 is 12.0 Å². The Morgan fingerprint density at radius 1 is 1.10 bits per heavy atom. The van der Waals surface area contributed by atoms with E-state index in [4.69, 9.17) is 5.11 Å². The van der Waals surface area contributed by atoms with E-state index in [1.54, 1.807) is 13.8 Å². The summed E-state index contributed by atoms with van der Waals surface area (Å²) in [5, 5.41) is 13.3. The molecule has 0 saturated heterocycles. The molecule has 2 amide bonds. The lowest BCUT2D eigenvalue weighted by Gasteiger charge is -2.11. The second-order valence-corrected chi connectivity index (χ2v) is 5.88. The zero-order valence-electron chi connectivity index (χ0n) is 11.6. The van der Waals surface area contributed by atoms with Crippen LogP contribution in [0.15, 0.2) is 0 Å². The Morgan fingerprint density at radius 3 is 2.25 bits per heavy atom. The predicted octanol–water partition coefficient (Wildman–Crippen LogP) is -1.02. The largest absolute Gasteiger partial charge is 0.481 e. The van der Waals surface area contributed by atoms with Gasteiger partial charge in [0.25, 0.3) is 10.2 Å². The summed E-state index contributed by atoms with van der Waals surface area (Å²) in [6.07, 6.45) is 0.328. The van der Waals surface area contributed by atoms with Crippen molar-refractivity contribution < 1.29 is 23.1 Å². The van der Waals surface area contributed by atoms with E-state index < -0.39 is 22.2 Å². The lowest BCUT2D eigenvalue weighted by Crippen LogP contribution is -2.44. The van der Waals surface area contributed by atoms with E-state index >= 15 is 0 Å². The van der Waals surface area contributed by atoms with Crippen LogP contribution in [0.4, 0.5) is 4.79 Å². The molecular formula is C10H22N4O5S. The van der Waals surface area contributed by atoms with Crippen LogP contribution < -0.4 is 20.1 Å². The molecule has 0 bridgehead atoms. The molecule has 0 atom stereocenters. The normalized spacial score (nSPS) is 11.3. The lowest BCUT2D eigenvalue weighted by molar-refractivity contribution is -0.137. The van der Waals surface area contributed by atoms with Crippen molar-refractivity contribution in [3.63, 3.8) is 0 Å². The van der Waals surface area contributed by atoms with Gasteiger partial charge < -0.3 is 15.7 Å². The minimum absolute atomic E-state index is 0.0129. The van der Waals surface area contributed by atoms with E-state index in [0.29, 0.717) is 6.42 Å². The monoisotopic (exact) mass is 310 g/mol. The number of urea groups is 1. The molecule has 118 valence electrons. The van der Waals surface area contributed by atoms with Crippen molar-refractivity contribution >= 4 is 22.2 Å². The molecular weight excluding hydrogens is 288 g/mol. The summed E-state index contributed by atoms with van der Waals surface area (Å²) >= 11 is 0. The number of aliphatic carboxylic acids is 1. The van der Waals surface area contributed by atoms with Crippen molar-refractivity contribution in [1.82, 2.24) is 20.1 Å². The summed E-state index contributed by atoms with van der Waals surface area (Å²) in [7, 11) is -3.55. The maximum Gasteiger partial charge on any atom is 0.314 e. The van der Waals surface area contributed by atoms with E-state index in [2.05, 4.69) is 20.1 Å². The van der Waals surface area contributed by atoms with E-state index in [9.17, 15) is 18.0 Å². The number of carbonyl (C=O) groups is 2. The highest BCUT2D eigenvalue weighted by molar-refractivity contribution is 7.87. The Morgan fingerprint density at radius 2 is 1.70 bits per heavy atom. The van der Waals surface area contributed by atoms with Crippen molar-refractivity contribution in [1.29, 1.82) is 0 Å². The van der Waals surface area contributed by atoms with Gasteiger partial charge in [0.15, 0.2) is 0 Å². The Kier molecular flexibility index (Phi) is 8.84. The third kappa shape index (κ3) is 11.7. The molecule has 0 unspecified atom stereocenters. The number of hydrogen-bond acceptors (Lipinski definition) is 4. The van der Waals surface area contributed by atoms with Gasteiger partial charge in [0.2, 0.25) is 0 Å². The maximum atomic E-state index is 11.4. The number of hydrogen-bond donors (Lipinski definition) is 5. The maximum absolute atomic E-state index is 11.4. The van der Waals surface area contributed by atoms with E-state index in [1.165, 1.54) is 0 Å². The second-order valence-electron chi connectivity index (χ2n) is 4.35. The van der Waals surface area contributed by atoms with Crippen molar-refractivity contribution in [3.8, 4) is 0 Å². The molecule has 0 heterocycles. The molecule has 5 N–H and O–H groups in total. The van der Waals surface area contributed by atoms with Crippen LogP contribution >= 0.6 is 0 Å². The number of carboxylic acids is 1. The summed E-state index contributed by atoms with van der Waals surface area (Å²) in [6, 6.07) is -0.676. The molecule has 9 nitrogen and oxygen atoms in total. The number of carbonyl (C=O) groups excluding carboxylic acids is 1. The third-order valence-corrected chi connectivity index (χ3v) is 3.31. The van der Waals surface area contributed by atoms with Gasteiger partial charge in [-0.1, -0.05) is 0 Å².